The maximum absolute atomic E-state index is 14.6. The Labute approximate surface area is 240 Å². The van der Waals surface area contributed by atoms with Crippen LogP contribution in [-0.2, 0) is 14.3 Å². The van der Waals surface area contributed by atoms with E-state index in [1.165, 1.54) is 6.42 Å². The van der Waals surface area contributed by atoms with Gasteiger partial charge in [-0.25, -0.2) is 4.79 Å². The van der Waals surface area contributed by atoms with Gasteiger partial charge in [0, 0.05) is 50.5 Å². The molecule has 0 aromatic heterocycles. The summed E-state index contributed by atoms with van der Waals surface area (Å²) in [6.45, 7) is 4.06. The molecule has 5 fully saturated rings. The summed E-state index contributed by atoms with van der Waals surface area (Å²) in [7, 11) is 1.72. The molecule has 2 bridgehead atoms. The van der Waals surface area contributed by atoms with Crippen LogP contribution in [0.25, 0.3) is 0 Å². The molecule has 0 spiro atoms. The van der Waals surface area contributed by atoms with E-state index in [0.717, 1.165) is 37.7 Å². The Morgan fingerprint density at radius 2 is 1.79 bits per heavy atom. The molecular formula is C30H39Cl2N3O4. The molecular weight excluding hydrogens is 537 g/mol. The van der Waals surface area contributed by atoms with Crippen LogP contribution in [0.4, 0.5) is 4.79 Å². The first kappa shape index (κ1) is 27.3. The van der Waals surface area contributed by atoms with Gasteiger partial charge in [-0.05, 0) is 80.9 Å². The third-order valence-corrected chi connectivity index (χ3v) is 11.3. The predicted octanol–water partition coefficient (Wildman–Crippen LogP) is 5.28. The minimum absolute atomic E-state index is 0.0423. The van der Waals surface area contributed by atoms with Gasteiger partial charge in [0.2, 0.25) is 5.91 Å². The molecule has 1 N–H and O–H groups in total. The van der Waals surface area contributed by atoms with E-state index >= 15 is 0 Å². The highest BCUT2D eigenvalue weighted by atomic mass is 35.5. The van der Waals surface area contributed by atoms with E-state index in [1.54, 1.807) is 18.0 Å². The SMILES string of the molecule is CN(C(=O)O[C@H]1C[C@H]2CC[C@@H]1C2)[C@]1(C(=O)C2CCN(C(=O)C3(C)CC3)CC2)CNC[C@H]1c1ccc(Cl)c(Cl)c1. The average molecular weight is 577 g/mol. The number of nitrogens with zero attached hydrogens (tertiary/aromatic N) is 2. The smallest absolute Gasteiger partial charge is 0.410 e. The molecule has 5 atom stereocenters. The molecule has 0 radical (unpaired) electrons. The highest BCUT2D eigenvalue weighted by molar-refractivity contribution is 6.42. The molecule has 2 aliphatic heterocycles. The summed E-state index contributed by atoms with van der Waals surface area (Å²) in [5.74, 6) is 0.788. The number of halogens is 2. The number of ether oxygens (including phenoxy) is 1. The molecule has 39 heavy (non-hydrogen) atoms. The lowest BCUT2D eigenvalue weighted by atomic mass is 9.72. The normalized spacial score (nSPS) is 33.3. The summed E-state index contributed by atoms with van der Waals surface area (Å²) >= 11 is 12.6. The van der Waals surface area contributed by atoms with Gasteiger partial charge in [0.25, 0.3) is 0 Å². The number of likely N-dealkylation sites (N-methyl/N-ethyl adjacent to an activating group) is 1. The topological polar surface area (TPSA) is 79.0 Å². The largest absolute Gasteiger partial charge is 0.446 e. The van der Waals surface area contributed by atoms with Gasteiger partial charge in [-0.15, -0.1) is 0 Å². The Bertz CT molecular complexity index is 1160. The minimum Gasteiger partial charge on any atom is -0.446 e. The van der Waals surface area contributed by atoms with Crippen LogP contribution in [0.2, 0.25) is 10.0 Å². The number of hydrogen-bond acceptors (Lipinski definition) is 5. The van der Waals surface area contributed by atoms with Crippen LogP contribution in [0.1, 0.15) is 69.8 Å². The fourth-order valence-corrected chi connectivity index (χ4v) is 8.09. The zero-order valence-corrected chi connectivity index (χ0v) is 24.4. The Morgan fingerprint density at radius 1 is 1.05 bits per heavy atom. The average Bonchev–Trinajstić information content (AvgIpc) is 3.29. The zero-order chi connectivity index (χ0) is 27.5. The summed E-state index contributed by atoms with van der Waals surface area (Å²) < 4.78 is 6.11. The summed E-state index contributed by atoms with van der Waals surface area (Å²) in [5, 5.41) is 4.30. The van der Waals surface area contributed by atoms with Crippen LogP contribution in [0.15, 0.2) is 18.2 Å². The zero-order valence-electron chi connectivity index (χ0n) is 22.9. The molecule has 7 nitrogen and oxygen atoms in total. The van der Waals surface area contributed by atoms with Crippen molar-refractivity contribution in [3.05, 3.63) is 33.8 Å². The van der Waals surface area contributed by atoms with E-state index in [1.807, 2.05) is 24.0 Å². The molecule has 3 saturated carbocycles. The molecule has 2 heterocycles. The number of benzene rings is 1. The number of fused-ring (bicyclic) bond motifs is 2. The van der Waals surface area contributed by atoms with Crippen LogP contribution >= 0.6 is 23.2 Å². The lowest BCUT2D eigenvalue weighted by Crippen LogP contribution is -2.62. The van der Waals surface area contributed by atoms with Crippen LogP contribution in [-0.4, -0.2) is 72.5 Å². The van der Waals surface area contributed by atoms with Gasteiger partial charge in [0.1, 0.15) is 11.6 Å². The number of nitrogens with one attached hydrogen (secondary N) is 1. The Morgan fingerprint density at radius 3 is 2.41 bits per heavy atom. The van der Waals surface area contributed by atoms with Gasteiger partial charge in [0.05, 0.1) is 10.0 Å². The Balaban J connectivity index is 1.26. The van der Waals surface area contributed by atoms with E-state index < -0.39 is 11.6 Å². The van der Waals surface area contributed by atoms with Gasteiger partial charge in [-0.1, -0.05) is 36.2 Å². The second-order valence-electron chi connectivity index (χ2n) is 12.9. The molecule has 1 aromatic rings. The van der Waals surface area contributed by atoms with Crippen LogP contribution < -0.4 is 5.32 Å². The van der Waals surface area contributed by atoms with Crippen molar-refractivity contribution in [1.82, 2.24) is 15.1 Å². The number of carbonyl (C=O) groups is 3. The summed E-state index contributed by atoms with van der Waals surface area (Å²) in [6, 6.07) is 5.47. The standard InChI is InChI=1S/C30H39Cl2N3O4/c1-29(9-10-29)27(37)35-11-7-19(8-12-35)26(36)30(17-33-16-22(30)20-5-6-23(31)24(32)15-20)34(2)28(38)39-25-14-18-3-4-21(25)13-18/h5-6,15,18-19,21-22,25,33H,3-4,7-14,16-17H2,1-2H3/t18-,21+,22-,25-,30+/m0/s1. The van der Waals surface area contributed by atoms with Crippen molar-refractivity contribution in [1.29, 1.82) is 0 Å². The summed E-state index contributed by atoms with van der Waals surface area (Å²) in [6.07, 6.45) is 6.99. The van der Waals surface area contributed by atoms with Crippen LogP contribution in [0.3, 0.4) is 0 Å². The lowest BCUT2D eigenvalue weighted by Gasteiger charge is -2.44. The highest BCUT2D eigenvalue weighted by Crippen LogP contribution is 2.48. The van der Waals surface area contributed by atoms with E-state index in [2.05, 4.69) is 5.32 Å². The van der Waals surface area contributed by atoms with Crippen LogP contribution in [0.5, 0.6) is 0 Å². The molecule has 9 heteroatoms. The van der Waals surface area contributed by atoms with Gasteiger partial charge in [-0.2, -0.15) is 0 Å². The number of amides is 2. The van der Waals surface area contributed by atoms with Crippen molar-refractivity contribution in [2.24, 2.45) is 23.2 Å². The first-order valence-corrected chi connectivity index (χ1v) is 15.3. The van der Waals surface area contributed by atoms with Gasteiger partial charge < -0.3 is 15.0 Å². The second kappa shape index (κ2) is 10.2. The first-order chi connectivity index (χ1) is 18.6. The van der Waals surface area contributed by atoms with Crippen LogP contribution in [0, 0.1) is 23.2 Å². The van der Waals surface area contributed by atoms with Crippen molar-refractivity contribution in [3.8, 4) is 0 Å². The van der Waals surface area contributed by atoms with E-state index in [-0.39, 0.29) is 35.0 Å². The molecule has 212 valence electrons. The van der Waals surface area contributed by atoms with Crippen molar-refractivity contribution in [2.45, 2.75) is 75.9 Å². The van der Waals surface area contributed by atoms with Gasteiger partial charge >= 0.3 is 6.09 Å². The maximum Gasteiger partial charge on any atom is 0.410 e. The van der Waals surface area contributed by atoms with Crippen molar-refractivity contribution < 1.29 is 19.1 Å². The summed E-state index contributed by atoms with van der Waals surface area (Å²) in [5.41, 5.74) is -0.460. The molecule has 2 saturated heterocycles. The minimum atomic E-state index is -1.12. The molecule has 0 unspecified atom stereocenters. The van der Waals surface area contributed by atoms with E-state index in [4.69, 9.17) is 27.9 Å². The second-order valence-corrected chi connectivity index (χ2v) is 13.7. The van der Waals surface area contributed by atoms with Crippen molar-refractivity contribution in [3.63, 3.8) is 0 Å². The fraction of sp³-hybridized carbons (Fsp3) is 0.700. The predicted molar refractivity (Wildman–Crippen MR) is 150 cm³/mol. The van der Waals surface area contributed by atoms with Crippen molar-refractivity contribution >= 4 is 41.0 Å². The molecule has 3 aliphatic carbocycles. The third kappa shape index (κ3) is 4.76. The number of likely N-dealkylation sites (tertiary alicyclic amines) is 1. The van der Waals surface area contributed by atoms with E-state index in [0.29, 0.717) is 60.9 Å². The van der Waals surface area contributed by atoms with Gasteiger partial charge in [0.15, 0.2) is 5.78 Å². The number of piperidine rings is 1. The quantitative estimate of drug-likeness (QED) is 0.499. The molecule has 1 aromatic carbocycles. The number of rotatable bonds is 6. The maximum atomic E-state index is 14.6. The Hall–Kier alpha value is -1.83. The number of carbonyl (C=O) groups excluding carboxylic acids is 3. The summed E-state index contributed by atoms with van der Waals surface area (Å²) in [4.78, 5) is 44.8. The molecule has 2 amide bonds. The lowest BCUT2D eigenvalue weighted by molar-refractivity contribution is -0.142. The number of Topliss-reactive ketones (excluding diaryl/α,β-unsaturated/α-hetero) is 1. The number of ketones is 1. The van der Waals surface area contributed by atoms with E-state index in [9.17, 15) is 14.4 Å². The number of hydrogen-bond donors (Lipinski definition) is 1. The first-order valence-electron chi connectivity index (χ1n) is 14.6. The highest BCUT2D eigenvalue weighted by Gasteiger charge is 2.57. The third-order valence-electron chi connectivity index (χ3n) is 10.6. The molecule has 6 rings (SSSR count). The van der Waals surface area contributed by atoms with Gasteiger partial charge in [-0.3, -0.25) is 14.5 Å². The monoisotopic (exact) mass is 575 g/mol. The fourth-order valence-electron chi connectivity index (χ4n) is 7.78. The van der Waals surface area contributed by atoms with Crippen molar-refractivity contribution in [2.75, 3.05) is 33.2 Å². The molecule has 5 aliphatic rings. The Kier molecular flexibility index (Phi) is 7.16.